The van der Waals surface area contributed by atoms with Crippen LogP contribution in [0.2, 0.25) is 0 Å². The van der Waals surface area contributed by atoms with Gasteiger partial charge in [-0.2, -0.15) is 9.61 Å². The second-order valence-corrected chi connectivity index (χ2v) is 6.41. The van der Waals surface area contributed by atoms with Crippen LogP contribution in [-0.4, -0.2) is 58.1 Å². The molecule has 1 aliphatic carbocycles. The van der Waals surface area contributed by atoms with Crippen LogP contribution in [0.15, 0.2) is 6.07 Å². The van der Waals surface area contributed by atoms with E-state index in [9.17, 15) is 0 Å². The number of piperidine rings is 1. The zero-order valence-electron chi connectivity index (χ0n) is 13.2. The molecule has 0 radical (unpaired) electrons. The molecule has 0 unspecified atom stereocenters. The molecule has 3 heterocycles. The highest BCUT2D eigenvalue weighted by atomic mass is 16.5. The molecular formula is C16H23N5O. The first-order valence-corrected chi connectivity index (χ1v) is 8.30. The van der Waals surface area contributed by atoms with Gasteiger partial charge in [0.15, 0.2) is 11.5 Å². The predicted molar refractivity (Wildman–Crippen MR) is 83.1 cm³/mol. The minimum Gasteiger partial charge on any atom is -0.383 e. The summed E-state index contributed by atoms with van der Waals surface area (Å²) in [5, 5.41) is 13.6. The van der Waals surface area contributed by atoms with Gasteiger partial charge in [-0.15, -0.1) is 10.2 Å². The largest absolute Gasteiger partial charge is 0.383 e. The monoisotopic (exact) mass is 301 g/mol. The van der Waals surface area contributed by atoms with E-state index in [-0.39, 0.29) is 0 Å². The SMILES string of the molecule is COCCN1CCC(c2nnc3cc4c(nn23)CCC4)CC1. The maximum atomic E-state index is 5.17. The minimum absolute atomic E-state index is 0.473. The van der Waals surface area contributed by atoms with Gasteiger partial charge >= 0.3 is 0 Å². The Morgan fingerprint density at radius 1 is 1.23 bits per heavy atom. The van der Waals surface area contributed by atoms with E-state index in [4.69, 9.17) is 9.84 Å². The van der Waals surface area contributed by atoms with E-state index in [0.717, 1.165) is 63.4 Å². The summed E-state index contributed by atoms with van der Waals surface area (Å²) in [6, 6.07) is 2.18. The molecule has 118 valence electrons. The molecule has 0 bridgehead atoms. The van der Waals surface area contributed by atoms with Crippen molar-refractivity contribution in [1.82, 2.24) is 24.7 Å². The van der Waals surface area contributed by atoms with E-state index < -0.39 is 0 Å². The van der Waals surface area contributed by atoms with E-state index in [0.29, 0.717) is 5.92 Å². The molecule has 0 aromatic carbocycles. The molecule has 0 amide bonds. The number of aryl methyl sites for hydroxylation is 2. The van der Waals surface area contributed by atoms with Crippen LogP contribution in [0, 0.1) is 0 Å². The average Bonchev–Trinajstić information content (AvgIpc) is 3.17. The fraction of sp³-hybridized carbons (Fsp3) is 0.688. The Kier molecular flexibility index (Phi) is 3.80. The molecule has 22 heavy (non-hydrogen) atoms. The third-order valence-corrected chi connectivity index (χ3v) is 5.01. The number of hydrogen-bond acceptors (Lipinski definition) is 5. The van der Waals surface area contributed by atoms with Crippen molar-refractivity contribution in [3.05, 3.63) is 23.1 Å². The third-order valence-electron chi connectivity index (χ3n) is 5.01. The number of methoxy groups -OCH3 is 1. The molecule has 0 spiro atoms. The third kappa shape index (κ3) is 2.50. The number of ether oxygens (including phenoxy) is 1. The Labute approximate surface area is 130 Å². The first kappa shape index (κ1) is 14.1. The van der Waals surface area contributed by atoms with Crippen molar-refractivity contribution in [2.75, 3.05) is 33.4 Å². The molecule has 0 atom stereocenters. The summed E-state index contributed by atoms with van der Waals surface area (Å²) in [4.78, 5) is 2.47. The number of nitrogens with zero attached hydrogens (tertiary/aromatic N) is 5. The Morgan fingerprint density at radius 3 is 2.91 bits per heavy atom. The lowest BCUT2D eigenvalue weighted by molar-refractivity contribution is 0.129. The maximum Gasteiger partial charge on any atom is 0.178 e. The summed E-state index contributed by atoms with van der Waals surface area (Å²) in [6.45, 7) is 4.05. The van der Waals surface area contributed by atoms with Gasteiger partial charge in [0.2, 0.25) is 0 Å². The van der Waals surface area contributed by atoms with Crippen molar-refractivity contribution in [2.24, 2.45) is 0 Å². The van der Waals surface area contributed by atoms with Gasteiger partial charge in [0.1, 0.15) is 0 Å². The van der Waals surface area contributed by atoms with Crippen molar-refractivity contribution in [2.45, 2.75) is 38.0 Å². The molecule has 2 aromatic heterocycles. The summed E-state index contributed by atoms with van der Waals surface area (Å²) >= 11 is 0. The zero-order valence-corrected chi connectivity index (χ0v) is 13.2. The van der Waals surface area contributed by atoms with Gasteiger partial charge < -0.3 is 9.64 Å². The van der Waals surface area contributed by atoms with Crippen LogP contribution in [0.25, 0.3) is 5.65 Å². The first-order chi connectivity index (χ1) is 10.8. The number of hydrogen-bond donors (Lipinski definition) is 0. The number of rotatable bonds is 4. The van der Waals surface area contributed by atoms with E-state index >= 15 is 0 Å². The zero-order chi connectivity index (χ0) is 14.9. The van der Waals surface area contributed by atoms with Crippen LogP contribution in [0.3, 0.4) is 0 Å². The molecule has 1 fully saturated rings. The van der Waals surface area contributed by atoms with Crippen molar-refractivity contribution in [1.29, 1.82) is 0 Å². The van der Waals surface area contributed by atoms with Gasteiger partial charge in [0, 0.05) is 19.6 Å². The van der Waals surface area contributed by atoms with Gasteiger partial charge in [0.25, 0.3) is 0 Å². The standard InChI is InChI=1S/C16H23N5O/c1-22-10-9-20-7-5-12(6-8-20)16-18-17-15-11-13-3-2-4-14(13)19-21(15)16/h11-12H,2-10H2,1H3. The average molecular weight is 301 g/mol. The van der Waals surface area contributed by atoms with Crippen LogP contribution in [-0.2, 0) is 17.6 Å². The lowest BCUT2D eigenvalue weighted by Crippen LogP contribution is -2.35. The second kappa shape index (κ2) is 5.93. The van der Waals surface area contributed by atoms with Crippen LogP contribution in [0.4, 0.5) is 0 Å². The van der Waals surface area contributed by atoms with Crippen molar-refractivity contribution >= 4 is 5.65 Å². The maximum absolute atomic E-state index is 5.17. The van der Waals surface area contributed by atoms with Crippen molar-refractivity contribution in [3.8, 4) is 0 Å². The van der Waals surface area contributed by atoms with Crippen LogP contribution >= 0.6 is 0 Å². The summed E-state index contributed by atoms with van der Waals surface area (Å²) in [6.07, 6.45) is 5.71. The van der Waals surface area contributed by atoms with Gasteiger partial charge in [-0.25, -0.2) is 0 Å². The van der Waals surface area contributed by atoms with Crippen molar-refractivity contribution in [3.63, 3.8) is 0 Å². The Balaban J connectivity index is 1.53. The van der Waals surface area contributed by atoms with Gasteiger partial charge in [-0.05, 0) is 56.8 Å². The number of fused-ring (bicyclic) bond motifs is 2. The van der Waals surface area contributed by atoms with Gasteiger partial charge in [-0.3, -0.25) is 0 Å². The quantitative estimate of drug-likeness (QED) is 0.855. The Hall–Kier alpha value is -1.53. The van der Waals surface area contributed by atoms with Crippen LogP contribution < -0.4 is 0 Å². The highest BCUT2D eigenvalue weighted by Crippen LogP contribution is 2.28. The highest BCUT2D eigenvalue weighted by Gasteiger charge is 2.26. The lowest BCUT2D eigenvalue weighted by Gasteiger charge is -2.30. The van der Waals surface area contributed by atoms with E-state index in [2.05, 4.69) is 21.2 Å². The summed E-state index contributed by atoms with van der Waals surface area (Å²) < 4.78 is 7.17. The van der Waals surface area contributed by atoms with Crippen LogP contribution in [0.1, 0.15) is 42.3 Å². The minimum atomic E-state index is 0.473. The molecule has 6 nitrogen and oxygen atoms in total. The molecule has 0 saturated carbocycles. The predicted octanol–water partition coefficient (Wildman–Crippen LogP) is 1.44. The smallest absolute Gasteiger partial charge is 0.178 e. The summed E-state index contributed by atoms with van der Waals surface area (Å²) in [5.41, 5.74) is 3.52. The molecule has 6 heteroatoms. The topological polar surface area (TPSA) is 55.5 Å². The Bertz CT molecular complexity index is 660. The van der Waals surface area contributed by atoms with E-state index in [1.165, 1.54) is 17.7 Å². The molecular weight excluding hydrogens is 278 g/mol. The normalized spacial score (nSPS) is 19.9. The number of aromatic nitrogens is 4. The Morgan fingerprint density at radius 2 is 2.09 bits per heavy atom. The molecule has 4 rings (SSSR count). The van der Waals surface area contributed by atoms with E-state index in [1.807, 2.05) is 4.52 Å². The van der Waals surface area contributed by atoms with E-state index in [1.54, 1.807) is 7.11 Å². The second-order valence-electron chi connectivity index (χ2n) is 6.41. The van der Waals surface area contributed by atoms with Crippen LogP contribution in [0.5, 0.6) is 0 Å². The summed E-state index contributed by atoms with van der Waals surface area (Å²) in [5.74, 6) is 1.52. The number of likely N-dealkylation sites (tertiary alicyclic amines) is 1. The fourth-order valence-corrected chi connectivity index (χ4v) is 3.68. The molecule has 1 aliphatic heterocycles. The van der Waals surface area contributed by atoms with Gasteiger partial charge in [-0.1, -0.05) is 0 Å². The molecule has 1 saturated heterocycles. The highest BCUT2D eigenvalue weighted by molar-refractivity contribution is 5.43. The molecule has 2 aromatic rings. The van der Waals surface area contributed by atoms with Crippen molar-refractivity contribution < 1.29 is 4.74 Å². The van der Waals surface area contributed by atoms with Gasteiger partial charge in [0.05, 0.1) is 12.3 Å². The summed E-state index contributed by atoms with van der Waals surface area (Å²) in [7, 11) is 1.76. The fourth-order valence-electron chi connectivity index (χ4n) is 3.68. The molecule has 2 aliphatic rings. The molecule has 0 N–H and O–H groups in total. The first-order valence-electron chi connectivity index (χ1n) is 8.30. The lowest BCUT2D eigenvalue weighted by atomic mass is 9.96.